The van der Waals surface area contributed by atoms with Gasteiger partial charge >= 0.3 is 0 Å². The summed E-state index contributed by atoms with van der Waals surface area (Å²) in [5.41, 5.74) is 0. The fraction of sp³-hybridized carbons (Fsp3) is 0.333. The highest BCUT2D eigenvalue weighted by atomic mass is 32.2. The standard InChI is InChI=1S/C15H18FN5O2S/c1-17-14-6-7-18-15(19-14)20-8-10-21(11-9-20)24(22,23)13-4-2-12(16)3-5-13/h2-7H,8-11H2,1H3,(H,17,18,19). The fourth-order valence-corrected chi connectivity index (χ4v) is 3.95. The Balaban J connectivity index is 1.71. The summed E-state index contributed by atoms with van der Waals surface area (Å²) in [7, 11) is -1.83. The maximum atomic E-state index is 13.0. The molecule has 1 aliphatic heterocycles. The van der Waals surface area contributed by atoms with Crippen LogP contribution in [0.15, 0.2) is 41.4 Å². The first-order valence-corrected chi connectivity index (χ1v) is 8.96. The molecule has 1 fully saturated rings. The van der Waals surface area contributed by atoms with E-state index < -0.39 is 15.8 Å². The van der Waals surface area contributed by atoms with Gasteiger partial charge in [0.1, 0.15) is 11.6 Å². The Kier molecular flexibility index (Phi) is 4.63. The molecular weight excluding hydrogens is 333 g/mol. The van der Waals surface area contributed by atoms with Crippen molar-refractivity contribution < 1.29 is 12.8 Å². The van der Waals surface area contributed by atoms with Gasteiger partial charge in [0, 0.05) is 39.4 Å². The summed E-state index contributed by atoms with van der Waals surface area (Å²) in [5.74, 6) is 0.822. The number of anilines is 2. The molecule has 2 aromatic rings. The minimum atomic E-state index is -3.61. The Hall–Kier alpha value is -2.26. The van der Waals surface area contributed by atoms with Gasteiger partial charge in [-0.25, -0.2) is 17.8 Å². The van der Waals surface area contributed by atoms with Gasteiger partial charge in [0.25, 0.3) is 0 Å². The van der Waals surface area contributed by atoms with Crippen LogP contribution in [0.3, 0.4) is 0 Å². The molecule has 24 heavy (non-hydrogen) atoms. The molecule has 128 valence electrons. The third kappa shape index (κ3) is 3.31. The Labute approximate surface area is 140 Å². The van der Waals surface area contributed by atoms with E-state index in [2.05, 4.69) is 15.3 Å². The third-order valence-electron chi connectivity index (χ3n) is 3.87. The molecule has 3 rings (SSSR count). The SMILES string of the molecule is CNc1ccnc(N2CCN(S(=O)(=O)c3ccc(F)cc3)CC2)n1. The lowest BCUT2D eigenvalue weighted by Gasteiger charge is -2.34. The smallest absolute Gasteiger partial charge is 0.243 e. The lowest BCUT2D eigenvalue weighted by molar-refractivity contribution is 0.382. The van der Waals surface area contributed by atoms with E-state index in [-0.39, 0.29) is 4.90 Å². The van der Waals surface area contributed by atoms with Crippen molar-refractivity contribution in [3.05, 3.63) is 42.3 Å². The van der Waals surface area contributed by atoms with Crippen LogP contribution in [0.25, 0.3) is 0 Å². The van der Waals surface area contributed by atoms with Crippen LogP contribution >= 0.6 is 0 Å². The number of aromatic nitrogens is 2. The van der Waals surface area contributed by atoms with Crippen LogP contribution in [0.1, 0.15) is 0 Å². The van der Waals surface area contributed by atoms with Crippen LogP contribution < -0.4 is 10.2 Å². The van der Waals surface area contributed by atoms with Gasteiger partial charge in [-0.15, -0.1) is 0 Å². The number of halogens is 1. The van der Waals surface area contributed by atoms with Crippen LogP contribution in [-0.2, 0) is 10.0 Å². The molecular formula is C15H18FN5O2S. The minimum Gasteiger partial charge on any atom is -0.373 e. The van der Waals surface area contributed by atoms with Crippen LogP contribution in [-0.4, -0.2) is 55.9 Å². The summed E-state index contributed by atoms with van der Waals surface area (Å²) in [6.45, 7) is 1.64. The number of benzene rings is 1. The summed E-state index contributed by atoms with van der Waals surface area (Å²) < 4.78 is 39.6. The molecule has 0 saturated carbocycles. The van der Waals surface area contributed by atoms with Crippen LogP contribution in [0.5, 0.6) is 0 Å². The van der Waals surface area contributed by atoms with Gasteiger partial charge < -0.3 is 10.2 Å². The second-order valence-electron chi connectivity index (χ2n) is 5.34. The van der Waals surface area contributed by atoms with Crippen molar-refractivity contribution in [1.82, 2.24) is 14.3 Å². The molecule has 9 heteroatoms. The molecule has 7 nitrogen and oxygen atoms in total. The number of rotatable bonds is 4. The van der Waals surface area contributed by atoms with Crippen molar-refractivity contribution in [3.8, 4) is 0 Å². The van der Waals surface area contributed by atoms with Gasteiger partial charge in [-0.05, 0) is 30.3 Å². The lowest BCUT2D eigenvalue weighted by Crippen LogP contribution is -2.49. The van der Waals surface area contributed by atoms with Gasteiger partial charge in [-0.2, -0.15) is 9.29 Å². The monoisotopic (exact) mass is 351 g/mol. The summed E-state index contributed by atoms with van der Waals surface area (Å²) in [6, 6.07) is 6.65. The maximum absolute atomic E-state index is 13.0. The molecule has 1 N–H and O–H groups in total. The van der Waals surface area contributed by atoms with E-state index in [1.165, 1.54) is 16.4 Å². The first-order valence-electron chi connectivity index (χ1n) is 7.52. The Morgan fingerprint density at radius 3 is 2.38 bits per heavy atom. The van der Waals surface area contributed by atoms with Gasteiger partial charge in [-0.1, -0.05) is 0 Å². The topological polar surface area (TPSA) is 78.4 Å². The zero-order valence-electron chi connectivity index (χ0n) is 13.2. The molecule has 0 atom stereocenters. The Morgan fingerprint density at radius 1 is 1.08 bits per heavy atom. The average Bonchev–Trinajstić information content (AvgIpc) is 2.62. The predicted molar refractivity (Wildman–Crippen MR) is 89.0 cm³/mol. The van der Waals surface area contributed by atoms with E-state index in [0.717, 1.165) is 12.1 Å². The van der Waals surface area contributed by atoms with Gasteiger partial charge in [-0.3, -0.25) is 0 Å². The highest BCUT2D eigenvalue weighted by Gasteiger charge is 2.29. The second-order valence-corrected chi connectivity index (χ2v) is 7.27. The van der Waals surface area contributed by atoms with Crippen molar-refractivity contribution in [2.24, 2.45) is 0 Å². The largest absolute Gasteiger partial charge is 0.373 e. The van der Waals surface area contributed by atoms with Crippen molar-refractivity contribution >= 4 is 21.8 Å². The van der Waals surface area contributed by atoms with E-state index in [0.29, 0.717) is 37.9 Å². The van der Waals surface area contributed by atoms with Crippen molar-refractivity contribution in [3.63, 3.8) is 0 Å². The maximum Gasteiger partial charge on any atom is 0.243 e. The van der Waals surface area contributed by atoms with Crippen molar-refractivity contribution in [2.75, 3.05) is 43.4 Å². The normalized spacial score (nSPS) is 16.2. The van der Waals surface area contributed by atoms with Gasteiger partial charge in [0.05, 0.1) is 4.90 Å². The predicted octanol–water partition coefficient (Wildman–Crippen LogP) is 1.17. The molecule has 1 saturated heterocycles. The number of nitrogens with one attached hydrogen (secondary N) is 1. The van der Waals surface area contributed by atoms with E-state index in [1.807, 2.05) is 4.90 Å². The zero-order chi connectivity index (χ0) is 17.2. The summed E-state index contributed by atoms with van der Waals surface area (Å²) in [4.78, 5) is 10.6. The Morgan fingerprint density at radius 2 is 1.75 bits per heavy atom. The fourth-order valence-electron chi connectivity index (χ4n) is 2.52. The van der Waals surface area contributed by atoms with E-state index in [1.54, 1.807) is 19.3 Å². The average molecular weight is 351 g/mol. The first-order chi connectivity index (χ1) is 11.5. The van der Waals surface area contributed by atoms with Crippen molar-refractivity contribution in [1.29, 1.82) is 0 Å². The third-order valence-corrected chi connectivity index (χ3v) is 5.78. The summed E-state index contributed by atoms with van der Waals surface area (Å²) in [5, 5.41) is 2.95. The van der Waals surface area contributed by atoms with Crippen LogP contribution in [0, 0.1) is 5.82 Å². The lowest BCUT2D eigenvalue weighted by atomic mass is 10.3. The molecule has 0 bridgehead atoms. The van der Waals surface area contributed by atoms with E-state index in [4.69, 9.17) is 0 Å². The number of nitrogens with zero attached hydrogens (tertiary/aromatic N) is 4. The van der Waals surface area contributed by atoms with Crippen molar-refractivity contribution in [2.45, 2.75) is 4.90 Å². The molecule has 0 radical (unpaired) electrons. The molecule has 0 unspecified atom stereocenters. The number of sulfonamides is 1. The molecule has 1 aliphatic rings. The van der Waals surface area contributed by atoms with E-state index >= 15 is 0 Å². The van der Waals surface area contributed by atoms with Gasteiger partial charge in [0.2, 0.25) is 16.0 Å². The second kappa shape index (κ2) is 6.70. The number of hydrogen-bond donors (Lipinski definition) is 1. The molecule has 0 aliphatic carbocycles. The summed E-state index contributed by atoms with van der Waals surface area (Å²) in [6.07, 6.45) is 1.66. The van der Waals surface area contributed by atoms with Crippen LogP contribution in [0.2, 0.25) is 0 Å². The molecule has 0 spiro atoms. The molecule has 1 aromatic heterocycles. The Bertz CT molecular complexity index is 805. The highest BCUT2D eigenvalue weighted by Crippen LogP contribution is 2.20. The van der Waals surface area contributed by atoms with E-state index in [9.17, 15) is 12.8 Å². The summed E-state index contributed by atoms with van der Waals surface area (Å²) >= 11 is 0. The van der Waals surface area contributed by atoms with Crippen LogP contribution in [0.4, 0.5) is 16.2 Å². The zero-order valence-corrected chi connectivity index (χ0v) is 14.0. The number of piperazine rings is 1. The number of hydrogen-bond acceptors (Lipinski definition) is 6. The molecule has 1 aromatic carbocycles. The first kappa shape index (κ1) is 16.6. The minimum absolute atomic E-state index is 0.103. The molecule has 2 heterocycles. The quantitative estimate of drug-likeness (QED) is 0.891. The van der Waals surface area contributed by atoms with Gasteiger partial charge in [0.15, 0.2) is 0 Å². The molecule has 0 amide bonds. The highest BCUT2D eigenvalue weighted by molar-refractivity contribution is 7.89.